The molecule has 9 heteroatoms. The molecule has 3 N–H and O–H groups in total. The molecular weight excluding hydrogens is 450 g/mol. The van der Waals surface area contributed by atoms with Crippen molar-refractivity contribution in [2.24, 2.45) is 0 Å². The minimum Gasteiger partial charge on any atom is -0.481 e. The van der Waals surface area contributed by atoms with Gasteiger partial charge in [0, 0.05) is 12.0 Å². The van der Waals surface area contributed by atoms with Crippen molar-refractivity contribution in [3.8, 4) is 11.1 Å². The Hall–Kier alpha value is -4.14. The quantitative estimate of drug-likeness (QED) is 0.401. The van der Waals surface area contributed by atoms with Crippen LogP contribution in [0.3, 0.4) is 0 Å². The van der Waals surface area contributed by atoms with E-state index in [0.29, 0.717) is 12.8 Å². The number of carbonyl (C=O) groups excluding carboxylic acids is 2. The predicted molar refractivity (Wildman–Crippen MR) is 127 cm³/mol. The van der Waals surface area contributed by atoms with E-state index in [1.54, 1.807) is 0 Å². The Kier molecular flexibility index (Phi) is 7.45. The summed E-state index contributed by atoms with van der Waals surface area (Å²) in [6.07, 6.45) is 1.50. The van der Waals surface area contributed by atoms with Crippen molar-refractivity contribution in [3.05, 3.63) is 77.5 Å². The Balaban J connectivity index is 1.34. The fourth-order valence-corrected chi connectivity index (χ4v) is 4.42. The Bertz CT molecular complexity index is 1180. The van der Waals surface area contributed by atoms with E-state index in [9.17, 15) is 14.4 Å². The van der Waals surface area contributed by atoms with Crippen LogP contribution in [0.2, 0.25) is 0 Å². The van der Waals surface area contributed by atoms with Crippen LogP contribution in [-0.2, 0) is 16.1 Å². The topological polar surface area (TPSA) is 131 Å². The maximum atomic E-state index is 12.6. The number of alkyl carbamates (subject to hydrolysis) is 1. The van der Waals surface area contributed by atoms with Crippen LogP contribution < -0.4 is 10.6 Å². The first kappa shape index (κ1) is 24.0. The number of carbonyl (C=O) groups is 3. The summed E-state index contributed by atoms with van der Waals surface area (Å²) in [5.74, 6) is -1.46. The number of aromatic nitrogens is 1. The number of fused-ring (bicyclic) bond motifs is 3. The zero-order chi connectivity index (χ0) is 24.8. The first-order chi connectivity index (χ1) is 17.0. The lowest BCUT2D eigenvalue weighted by Gasteiger charge is -2.16. The van der Waals surface area contributed by atoms with Gasteiger partial charge in [0.05, 0.1) is 13.0 Å². The molecular formula is C26H27N3O6. The number of nitrogens with zero attached hydrogens (tertiary/aromatic N) is 1. The molecule has 3 aromatic rings. The second-order valence-corrected chi connectivity index (χ2v) is 8.36. The van der Waals surface area contributed by atoms with Crippen molar-refractivity contribution < 1.29 is 28.6 Å². The van der Waals surface area contributed by atoms with Crippen LogP contribution in [0.4, 0.5) is 4.79 Å². The lowest BCUT2D eigenvalue weighted by Crippen LogP contribution is -2.37. The Morgan fingerprint density at radius 3 is 2.37 bits per heavy atom. The summed E-state index contributed by atoms with van der Waals surface area (Å²) in [6, 6.07) is 15.6. The van der Waals surface area contributed by atoms with Crippen LogP contribution in [-0.4, -0.2) is 40.7 Å². The van der Waals surface area contributed by atoms with Crippen LogP contribution in [0.5, 0.6) is 0 Å². The summed E-state index contributed by atoms with van der Waals surface area (Å²) in [7, 11) is 0. The highest BCUT2D eigenvalue weighted by Crippen LogP contribution is 2.44. The van der Waals surface area contributed by atoms with Gasteiger partial charge in [-0.05, 0) is 28.7 Å². The van der Waals surface area contributed by atoms with Crippen molar-refractivity contribution in [3.63, 3.8) is 0 Å². The Morgan fingerprint density at radius 2 is 1.74 bits per heavy atom. The molecule has 182 valence electrons. The molecule has 0 saturated carbocycles. The van der Waals surface area contributed by atoms with Gasteiger partial charge in [0.25, 0.3) is 5.91 Å². The average molecular weight is 478 g/mol. The molecule has 1 atom stereocenters. The fourth-order valence-electron chi connectivity index (χ4n) is 4.42. The number of nitrogens with one attached hydrogen (secondary N) is 2. The number of hydrogen-bond acceptors (Lipinski definition) is 6. The van der Waals surface area contributed by atoms with E-state index in [1.165, 1.54) is 0 Å². The average Bonchev–Trinajstić information content (AvgIpc) is 3.44. The van der Waals surface area contributed by atoms with E-state index < -0.39 is 24.0 Å². The van der Waals surface area contributed by atoms with Gasteiger partial charge in [-0.25, -0.2) is 9.78 Å². The van der Waals surface area contributed by atoms with Gasteiger partial charge in [-0.2, -0.15) is 0 Å². The van der Waals surface area contributed by atoms with E-state index in [-0.39, 0.29) is 36.9 Å². The summed E-state index contributed by atoms with van der Waals surface area (Å²) in [5, 5.41) is 14.3. The number of benzene rings is 2. The number of hydrogen-bond donors (Lipinski definition) is 3. The molecule has 35 heavy (non-hydrogen) atoms. The van der Waals surface area contributed by atoms with Gasteiger partial charge < -0.3 is 24.9 Å². The second kappa shape index (κ2) is 10.9. The van der Waals surface area contributed by atoms with Gasteiger partial charge in [0.15, 0.2) is 17.8 Å². The molecule has 1 aliphatic rings. The largest absolute Gasteiger partial charge is 0.481 e. The standard InChI is InChI=1S/C26H27N3O6/c1-2-7-16(12-23(30)31)29-25(32)24-22(35-15-28-24)13-27-26(33)34-14-21-19-10-5-3-8-17(19)18-9-4-6-11-20(18)21/h3-6,8-11,15-16,21H,2,7,12-14H2,1H3,(H,27,33)(H,29,32)(H,30,31)/t16-/m1/s1. The van der Waals surface area contributed by atoms with Crippen molar-refractivity contribution in [1.82, 2.24) is 15.6 Å². The van der Waals surface area contributed by atoms with Gasteiger partial charge in [-0.3, -0.25) is 9.59 Å². The third-order valence-electron chi connectivity index (χ3n) is 5.99. The fraction of sp³-hybridized carbons (Fsp3) is 0.308. The SMILES string of the molecule is CCC[C@H](CC(=O)O)NC(=O)c1ncoc1CNC(=O)OCC1c2ccccc2-c2ccccc21. The summed E-state index contributed by atoms with van der Waals surface area (Å²) < 4.78 is 10.8. The predicted octanol–water partition coefficient (Wildman–Crippen LogP) is 4.09. The first-order valence-corrected chi connectivity index (χ1v) is 11.5. The highest BCUT2D eigenvalue weighted by molar-refractivity contribution is 5.93. The first-order valence-electron chi connectivity index (χ1n) is 11.5. The zero-order valence-electron chi connectivity index (χ0n) is 19.3. The molecule has 2 aromatic carbocycles. The second-order valence-electron chi connectivity index (χ2n) is 8.36. The highest BCUT2D eigenvalue weighted by atomic mass is 16.5. The molecule has 1 aromatic heterocycles. The van der Waals surface area contributed by atoms with E-state index >= 15 is 0 Å². The lowest BCUT2D eigenvalue weighted by atomic mass is 9.98. The molecule has 0 fully saturated rings. The van der Waals surface area contributed by atoms with Gasteiger partial charge in [0.2, 0.25) is 0 Å². The van der Waals surface area contributed by atoms with Gasteiger partial charge in [0.1, 0.15) is 6.61 Å². The van der Waals surface area contributed by atoms with Gasteiger partial charge in [-0.15, -0.1) is 0 Å². The number of carboxylic acid groups (broad SMARTS) is 1. The molecule has 0 saturated heterocycles. The van der Waals surface area contributed by atoms with E-state index in [1.807, 2.05) is 43.3 Å². The molecule has 4 rings (SSSR count). The van der Waals surface area contributed by atoms with Crippen LogP contribution >= 0.6 is 0 Å². The molecule has 0 bridgehead atoms. The van der Waals surface area contributed by atoms with Crippen LogP contribution in [0, 0.1) is 0 Å². The van der Waals surface area contributed by atoms with Crippen molar-refractivity contribution >= 4 is 18.0 Å². The number of ether oxygens (including phenoxy) is 1. The monoisotopic (exact) mass is 477 g/mol. The lowest BCUT2D eigenvalue weighted by molar-refractivity contribution is -0.137. The molecule has 9 nitrogen and oxygen atoms in total. The van der Waals surface area contributed by atoms with E-state index in [2.05, 4.69) is 27.8 Å². The summed E-state index contributed by atoms with van der Waals surface area (Å²) >= 11 is 0. The zero-order valence-corrected chi connectivity index (χ0v) is 19.3. The number of aliphatic carboxylic acids is 1. The third kappa shape index (κ3) is 5.51. The Labute approximate surface area is 202 Å². The molecule has 0 spiro atoms. The van der Waals surface area contributed by atoms with Crippen LogP contribution in [0.25, 0.3) is 11.1 Å². The molecule has 0 aliphatic heterocycles. The molecule has 2 amide bonds. The maximum absolute atomic E-state index is 12.6. The van der Waals surface area contributed by atoms with Gasteiger partial charge >= 0.3 is 12.1 Å². The molecule has 1 aliphatic carbocycles. The normalized spacial score (nSPS) is 12.9. The Morgan fingerprint density at radius 1 is 1.09 bits per heavy atom. The van der Waals surface area contributed by atoms with Crippen LogP contribution in [0.1, 0.15) is 59.5 Å². The molecule has 1 heterocycles. The maximum Gasteiger partial charge on any atom is 0.407 e. The smallest absolute Gasteiger partial charge is 0.407 e. The van der Waals surface area contributed by atoms with E-state index in [4.69, 9.17) is 14.3 Å². The summed E-state index contributed by atoms with van der Waals surface area (Å²) in [6.45, 7) is 1.97. The number of amides is 2. The summed E-state index contributed by atoms with van der Waals surface area (Å²) in [4.78, 5) is 40.0. The van der Waals surface area contributed by atoms with E-state index in [0.717, 1.165) is 28.6 Å². The molecule has 0 radical (unpaired) electrons. The number of carboxylic acids is 1. The molecule has 0 unspecified atom stereocenters. The third-order valence-corrected chi connectivity index (χ3v) is 5.99. The van der Waals surface area contributed by atoms with Crippen LogP contribution in [0.15, 0.2) is 59.3 Å². The minimum absolute atomic E-state index is 0.00422. The van der Waals surface area contributed by atoms with Crippen molar-refractivity contribution in [1.29, 1.82) is 0 Å². The summed E-state index contributed by atoms with van der Waals surface area (Å²) in [5.41, 5.74) is 4.49. The number of oxazole rings is 1. The van der Waals surface area contributed by atoms with Crippen molar-refractivity contribution in [2.75, 3.05) is 6.61 Å². The highest BCUT2D eigenvalue weighted by Gasteiger charge is 2.29. The number of rotatable bonds is 10. The minimum atomic E-state index is -0.999. The van der Waals surface area contributed by atoms with Crippen molar-refractivity contribution in [2.45, 2.75) is 44.7 Å². The van der Waals surface area contributed by atoms with Gasteiger partial charge in [-0.1, -0.05) is 61.9 Å².